The van der Waals surface area contributed by atoms with Gasteiger partial charge in [-0.15, -0.1) is 0 Å². The molecule has 0 aliphatic heterocycles. The minimum absolute atomic E-state index is 0.241. The smallest absolute Gasteiger partial charge is 0.327 e. The van der Waals surface area contributed by atoms with Crippen LogP contribution in [-0.4, -0.2) is 54.5 Å². The Balaban J connectivity index is 3.79. The maximum absolute atomic E-state index is 10.7. The van der Waals surface area contributed by atoms with Gasteiger partial charge in [0, 0.05) is 25.4 Å². The Bertz CT molecular complexity index is 233. The van der Waals surface area contributed by atoms with Crippen molar-refractivity contribution in [2.24, 2.45) is 0 Å². The van der Waals surface area contributed by atoms with Crippen LogP contribution in [0.3, 0.4) is 0 Å². The molecular formula is C11H21NO5S. The van der Waals surface area contributed by atoms with Gasteiger partial charge in [-0.3, -0.25) is 4.79 Å². The lowest BCUT2D eigenvalue weighted by molar-refractivity contribution is -0.139. The fraction of sp³-hybridized carbons (Fsp3) is 0.818. The van der Waals surface area contributed by atoms with Crippen molar-refractivity contribution in [1.29, 1.82) is 0 Å². The minimum atomic E-state index is -1.03. The van der Waals surface area contributed by atoms with Crippen molar-refractivity contribution in [3.8, 4) is 0 Å². The molecule has 106 valence electrons. The summed E-state index contributed by atoms with van der Waals surface area (Å²) < 4.78 is 10.7. The highest BCUT2D eigenvalue weighted by Gasteiger charge is 2.16. The van der Waals surface area contributed by atoms with Crippen LogP contribution in [0, 0.1) is 0 Å². The van der Waals surface area contributed by atoms with Gasteiger partial charge in [-0.1, -0.05) is 0 Å². The summed E-state index contributed by atoms with van der Waals surface area (Å²) in [5.74, 6) is 0.0226. The molecule has 7 heteroatoms. The van der Waals surface area contributed by atoms with Gasteiger partial charge >= 0.3 is 5.97 Å². The molecule has 1 amide bonds. The van der Waals surface area contributed by atoms with Crippen molar-refractivity contribution in [3.63, 3.8) is 0 Å². The number of aliphatic carboxylic acids is 1. The molecule has 0 bridgehead atoms. The number of ether oxygens (including phenoxy) is 2. The highest BCUT2D eigenvalue weighted by molar-refractivity contribution is 7.99. The molecule has 0 fully saturated rings. The molecule has 0 heterocycles. The number of nitrogens with one attached hydrogen (secondary N) is 1. The molecule has 0 aromatic rings. The fourth-order valence-electron chi connectivity index (χ4n) is 1.24. The zero-order valence-corrected chi connectivity index (χ0v) is 11.6. The van der Waals surface area contributed by atoms with Crippen LogP contribution in [0.2, 0.25) is 0 Å². The first kappa shape index (κ1) is 17.2. The van der Waals surface area contributed by atoms with E-state index in [4.69, 9.17) is 14.6 Å². The first-order valence-electron chi connectivity index (χ1n) is 5.89. The lowest BCUT2D eigenvalue weighted by Gasteiger charge is -2.17. The molecule has 0 aliphatic rings. The predicted octanol–water partition coefficient (Wildman–Crippen LogP) is 0.708. The third-order valence-corrected chi connectivity index (χ3v) is 3.15. The molecule has 0 rings (SSSR count). The van der Waals surface area contributed by atoms with E-state index in [-0.39, 0.29) is 6.29 Å². The van der Waals surface area contributed by atoms with Gasteiger partial charge in [0.05, 0.1) is 0 Å². The predicted molar refractivity (Wildman–Crippen MR) is 69.6 cm³/mol. The van der Waals surface area contributed by atoms with E-state index in [1.165, 1.54) is 11.8 Å². The Kier molecular flexibility index (Phi) is 10.8. The third-order valence-electron chi connectivity index (χ3n) is 2.05. The molecule has 1 unspecified atom stereocenters. The number of rotatable bonds is 12. The Labute approximate surface area is 111 Å². The van der Waals surface area contributed by atoms with Crippen molar-refractivity contribution < 1.29 is 24.2 Å². The largest absolute Gasteiger partial charge is 0.480 e. The number of carboxylic acids is 1. The molecular weight excluding hydrogens is 258 g/mol. The second-order valence-electron chi connectivity index (χ2n) is 3.38. The van der Waals surface area contributed by atoms with Crippen LogP contribution in [0.5, 0.6) is 0 Å². The highest BCUT2D eigenvalue weighted by Crippen LogP contribution is 2.10. The van der Waals surface area contributed by atoms with Gasteiger partial charge in [0.15, 0.2) is 6.29 Å². The molecule has 0 aromatic carbocycles. The average Bonchev–Trinajstić information content (AvgIpc) is 2.33. The van der Waals surface area contributed by atoms with Crippen LogP contribution in [-0.2, 0) is 19.1 Å². The van der Waals surface area contributed by atoms with E-state index >= 15 is 0 Å². The Morgan fingerprint density at radius 3 is 2.44 bits per heavy atom. The number of carbonyl (C=O) groups excluding carboxylic acids is 1. The van der Waals surface area contributed by atoms with Crippen LogP contribution < -0.4 is 5.32 Å². The molecule has 0 spiro atoms. The van der Waals surface area contributed by atoms with Crippen molar-refractivity contribution in [2.75, 3.05) is 24.7 Å². The number of amides is 1. The second kappa shape index (κ2) is 11.3. The van der Waals surface area contributed by atoms with Crippen molar-refractivity contribution in [1.82, 2.24) is 5.32 Å². The van der Waals surface area contributed by atoms with Crippen LogP contribution in [0.1, 0.15) is 20.3 Å². The zero-order valence-electron chi connectivity index (χ0n) is 10.8. The molecule has 2 N–H and O–H groups in total. The number of hydrogen-bond acceptors (Lipinski definition) is 5. The molecule has 0 radical (unpaired) electrons. The second-order valence-corrected chi connectivity index (χ2v) is 4.53. The Hall–Kier alpha value is -0.790. The van der Waals surface area contributed by atoms with Crippen LogP contribution in [0.25, 0.3) is 0 Å². The number of thioether (sulfide) groups is 1. The first-order valence-corrected chi connectivity index (χ1v) is 7.04. The lowest BCUT2D eigenvalue weighted by atomic mass is 10.3. The first-order chi connectivity index (χ1) is 8.65. The van der Waals surface area contributed by atoms with Crippen LogP contribution in [0.15, 0.2) is 0 Å². The summed E-state index contributed by atoms with van der Waals surface area (Å²) in [7, 11) is 0. The van der Waals surface area contributed by atoms with Gasteiger partial charge in [-0.2, -0.15) is 11.8 Å². The Morgan fingerprint density at radius 1 is 1.39 bits per heavy atom. The van der Waals surface area contributed by atoms with Gasteiger partial charge in [-0.25, -0.2) is 4.79 Å². The Morgan fingerprint density at radius 2 is 2.00 bits per heavy atom. The molecule has 0 saturated heterocycles. The molecule has 0 aromatic heterocycles. The molecule has 1 atom stereocenters. The highest BCUT2D eigenvalue weighted by atomic mass is 32.2. The summed E-state index contributed by atoms with van der Waals surface area (Å²) in [4.78, 5) is 20.9. The normalized spacial score (nSPS) is 12.4. The zero-order chi connectivity index (χ0) is 13.8. The van der Waals surface area contributed by atoms with E-state index in [2.05, 4.69) is 5.32 Å². The molecule has 18 heavy (non-hydrogen) atoms. The standard InChI is InChI=1S/C11H21NO5S/c1-3-16-10(17-4-2)5-6-18-7-9(11(14)15)12-8-13/h8-10H,3-7H2,1-2H3,(H,12,13)(H,14,15). The molecule has 6 nitrogen and oxygen atoms in total. The van der Waals surface area contributed by atoms with Crippen molar-refractivity contribution >= 4 is 24.1 Å². The van der Waals surface area contributed by atoms with Gasteiger partial charge in [-0.05, 0) is 19.6 Å². The number of carboxylic acid groups (broad SMARTS) is 1. The summed E-state index contributed by atoms with van der Waals surface area (Å²) in [6.45, 7) is 4.96. The SMILES string of the molecule is CCOC(CCSCC(NC=O)C(=O)O)OCC. The van der Waals surface area contributed by atoms with Crippen LogP contribution in [0.4, 0.5) is 0 Å². The van der Waals surface area contributed by atoms with E-state index in [1.807, 2.05) is 13.8 Å². The third kappa shape index (κ3) is 8.32. The molecule has 0 aliphatic carbocycles. The van der Waals surface area contributed by atoms with E-state index in [0.717, 1.165) is 5.75 Å². The topological polar surface area (TPSA) is 84.9 Å². The monoisotopic (exact) mass is 279 g/mol. The number of carbonyl (C=O) groups is 2. The van der Waals surface area contributed by atoms with Gasteiger partial charge in [0.2, 0.25) is 6.41 Å². The quantitative estimate of drug-likeness (QED) is 0.311. The summed E-state index contributed by atoms with van der Waals surface area (Å²) >= 11 is 1.45. The maximum atomic E-state index is 10.7. The summed E-state index contributed by atoms with van der Waals surface area (Å²) in [6.07, 6.45) is 0.859. The van der Waals surface area contributed by atoms with Gasteiger partial charge in [0.25, 0.3) is 0 Å². The molecule has 0 saturated carbocycles. The van der Waals surface area contributed by atoms with Crippen LogP contribution >= 0.6 is 11.8 Å². The van der Waals surface area contributed by atoms with Gasteiger partial charge in [0.1, 0.15) is 6.04 Å². The number of hydrogen-bond donors (Lipinski definition) is 2. The van der Waals surface area contributed by atoms with Crippen molar-refractivity contribution in [2.45, 2.75) is 32.6 Å². The summed E-state index contributed by atoms with van der Waals surface area (Å²) in [5.41, 5.74) is 0. The summed E-state index contributed by atoms with van der Waals surface area (Å²) in [6, 6.07) is -0.842. The van der Waals surface area contributed by atoms with E-state index in [1.54, 1.807) is 0 Å². The van der Waals surface area contributed by atoms with E-state index < -0.39 is 12.0 Å². The minimum Gasteiger partial charge on any atom is -0.480 e. The van der Waals surface area contributed by atoms with Crippen molar-refractivity contribution in [3.05, 3.63) is 0 Å². The van der Waals surface area contributed by atoms with E-state index in [0.29, 0.717) is 31.8 Å². The lowest BCUT2D eigenvalue weighted by Crippen LogP contribution is -2.38. The average molecular weight is 279 g/mol. The fourth-order valence-corrected chi connectivity index (χ4v) is 2.24. The van der Waals surface area contributed by atoms with Gasteiger partial charge < -0.3 is 19.9 Å². The maximum Gasteiger partial charge on any atom is 0.327 e. The van der Waals surface area contributed by atoms with E-state index in [9.17, 15) is 9.59 Å². The summed E-state index contributed by atoms with van der Waals surface area (Å²) in [5, 5.41) is 11.1.